The maximum Gasteiger partial charge on any atom is 0.191 e. The summed E-state index contributed by atoms with van der Waals surface area (Å²) in [4.78, 5) is 8.22. The van der Waals surface area contributed by atoms with Crippen LogP contribution in [0, 0.1) is 6.92 Å². The maximum absolute atomic E-state index is 4.37. The van der Waals surface area contributed by atoms with Crippen LogP contribution in [0.25, 0.3) is 0 Å². The maximum atomic E-state index is 4.37. The van der Waals surface area contributed by atoms with Gasteiger partial charge in [-0.15, -0.1) is 46.7 Å². The number of piperidine rings is 1. The lowest BCUT2D eigenvalue weighted by Gasteiger charge is -2.33. The van der Waals surface area contributed by atoms with E-state index in [4.69, 9.17) is 0 Å². The van der Waals surface area contributed by atoms with E-state index < -0.39 is 0 Å². The first kappa shape index (κ1) is 19.5. The van der Waals surface area contributed by atoms with Crippen molar-refractivity contribution in [1.29, 1.82) is 0 Å². The van der Waals surface area contributed by atoms with Gasteiger partial charge in [0.1, 0.15) is 0 Å². The van der Waals surface area contributed by atoms with E-state index in [2.05, 4.69) is 56.4 Å². The normalized spacial score (nSPS) is 15.9. The van der Waals surface area contributed by atoms with Crippen molar-refractivity contribution in [1.82, 2.24) is 10.6 Å². The molecule has 0 spiro atoms. The first-order valence-electron chi connectivity index (χ1n) is 8.05. The van der Waals surface area contributed by atoms with Gasteiger partial charge in [-0.3, -0.25) is 4.99 Å². The molecule has 2 aromatic rings. The Morgan fingerprint density at radius 3 is 2.62 bits per heavy atom. The van der Waals surface area contributed by atoms with E-state index in [-0.39, 0.29) is 24.0 Å². The molecule has 0 atom stereocenters. The average molecular weight is 476 g/mol. The van der Waals surface area contributed by atoms with Gasteiger partial charge in [0.2, 0.25) is 0 Å². The fourth-order valence-electron chi connectivity index (χ4n) is 2.83. The number of aliphatic imine (C=N–C) groups is 1. The predicted octanol–water partition coefficient (Wildman–Crippen LogP) is 4.07. The minimum Gasteiger partial charge on any atom is -0.363 e. The second kappa shape index (κ2) is 9.62. The van der Waals surface area contributed by atoms with Crippen LogP contribution in [0.5, 0.6) is 0 Å². The molecule has 4 nitrogen and oxygen atoms in total. The minimum absolute atomic E-state index is 0. The highest BCUT2D eigenvalue weighted by molar-refractivity contribution is 14.0. The summed E-state index contributed by atoms with van der Waals surface area (Å²) >= 11 is 3.62. The van der Waals surface area contributed by atoms with Crippen molar-refractivity contribution >= 4 is 57.6 Å². The van der Waals surface area contributed by atoms with Crippen molar-refractivity contribution in [3.8, 4) is 0 Å². The largest absolute Gasteiger partial charge is 0.363 e. The zero-order valence-electron chi connectivity index (χ0n) is 14.1. The Bertz CT molecular complexity index is 631. The molecular formula is C17H25IN4S2. The third kappa shape index (κ3) is 5.10. The zero-order chi connectivity index (χ0) is 16.1. The van der Waals surface area contributed by atoms with E-state index in [1.807, 2.05) is 18.4 Å². The van der Waals surface area contributed by atoms with E-state index in [1.165, 1.54) is 15.4 Å². The quantitative estimate of drug-likeness (QED) is 0.397. The van der Waals surface area contributed by atoms with E-state index in [9.17, 15) is 0 Å². The molecule has 0 unspecified atom stereocenters. The highest BCUT2D eigenvalue weighted by atomic mass is 127. The molecule has 24 heavy (non-hydrogen) atoms. The molecule has 0 bridgehead atoms. The third-order valence-corrected chi connectivity index (χ3v) is 6.21. The van der Waals surface area contributed by atoms with Gasteiger partial charge in [-0.05, 0) is 54.3 Å². The molecule has 2 N–H and O–H groups in total. The Balaban J connectivity index is 0.00000208. The monoisotopic (exact) mass is 476 g/mol. The SMILES string of the molecule is CN=C(NCc1sccc1C)NC1CCN(c2cccs2)CC1.I. The van der Waals surface area contributed by atoms with Crippen molar-refractivity contribution in [3.05, 3.63) is 39.4 Å². The first-order chi connectivity index (χ1) is 11.3. The first-order valence-corrected chi connectivity index (χ1v) is 9.81. The second-order valence-corrected chi connectivity index (χ2v) is 7.74. The van der Waals surface area contributed by atoms with Gasteiger partial charge in [0, 0.05) is 31.1 Å². The highest BCUT2D eigenvalue weighted by Crippen LogP contribution is 2.24. The van der Waals surface area contributed by atoms with Gasteiger partial charge in [-0.2, -0.15) is 0 Å². The summed E-state index contributed by atoms with van der Waals surface area (Å²) in [5, 5.41) is 12.7. The Morgan fingerprint density at radius 1 is 1.25 bits per heavy atom. The lowest BCUT2D eigenvalue weighted by molar-refractivity contribution is 0.463. The smallest absolute Gasteiger partial charge is 0.191 e. The zero-order valence-corrected chi connectivity index (χ0v) is 18.1. The molecule has 1 saturated heterocycles. The average Bonchev–Trinajstić information content (AvgIpc) is 3.24. The molecule has 1 aliphatic heterocycles. The summed E-state index contributed by atoms with van der Waals surface area (Å²) in [5.41, 5.74) is 1.35. The molecule has 0 radical (unpaired) electrons. The van der Waals surface area contributed by atoms with Gasteiger partial charge in [0.25, 0.3) is 0 Å². The van der Waals surface area contributed by atoms with E-state index in [1.54, 1.807) is 11.3 Å². The summed E-state index contributed by atoms with van der Waals surface area (Å²) in [6.45, 7) is 5.22. The Labute approximate surface area is 169 Å². The second-order valence-electron chi connectivity index (χ2n) is 5.81. The Kier molecular flexibility index (Phi) is 7.83. The van der Waals surface area contributed by atoms with Crippen LogP contribution in [0.1, 0.15) is 23.3 Å². The van der Waals surface area contributed by atoms with Gasteiger partial charge >= 0.3 is 0 Å². The van der Waals surface area contributed by atoms with Crippen LogP contribution in [0.3, 0.4) is 0 Å². The number of hydrogen-bond donors (Lipinski definition) is 2. The number of aryl methyl sites for hydroxylation is 1. The van der Waals surface area contributed by atoms with E-state index in [0.717, 1.165) is 38.4 Å². The molecular weight excluding hydrogens is 451 g/mol. The van der Waals surface area contributed by atoms with Crippen LogP contribution in [-0.2, 0) is 6.54 Å². The van der Waals surface area contributed by atoms with Gasteiger partial charge in [-0.25, -0.2) is 0 Å². The molecule has 3 heterocycles. The number of hydrogen-bond acceptors (Lipinski definition) is 4. The van der Waals surface area contributed by atoms with Crippen LogP contribution >= 0.6 is 46.7 Å². The highest BCUT2D eigenvalue weighted by Gasteiger charge is 2.20. The van der Waals surface area contributed by atoms with Crippen LogP contribution < -0.4 is 15.5 Å². The summed E-state index contributed by atoms with van der Waals surface area (Å²) in [6.07, 6.45) is 2.30. The Hall–Kier alpha value is -0.800. The molecule has 2 aromatic heterocycles. The topological polar surface area (TPSA) is 39.7 Å². The number of thiophene rings is 2. The summed E-state index contributed by atoms with van der Waals surface area (Å²) in [7, 11) is 1.84. The lowest BCUT2D eigenvalue weighted by Crippen LogP contribution is -2.48. The van der Waals surface area contributed by atoms with Crippen molar-refractivity contribution < 1.29 is 0 Å². The predicted molar refractivity (Wildman–Crippen MR) is 117 cm³/mol. The Morgan fingerprint density at radius 2 is 2.04 bits per heavy atom. The van der Waals surface area contributed by atoms with Crippen molar-refractivity contribution in [3.63, 3.8) is 0 Å². The third-order valence-electron chi connectivity index (χ3n) is 4.26. The van der Waals surface area contributed by atoms with Crippen molar-refractivity contribution in [2.75, 3.05) is 25.0 Å². The van der Waals surface area contributed by atoms with Gasteiger partial charge in [-0.1, -0.05) is 0 Å². The molecule has 0 aromatic carbocycles. The number of rotatable bonds is 4. The molecule has 0 amide bonds. The summed E-state index contributed by atoms with van der Waals surface area (Å²) in [5.74, 6) is 0.910. The van der Waals surface area contributed by atoms with Crippen molar-refractivity contribution in [2.45, 2.75) is 32.4 Å². The van der Waals surface area contributed by atoms with Crippen LogP contribution in [0.4, 0.5) is 5.00 Å². The number of anilines is 1. The summed E-state index contributed by atoms with van der Waals surface area (Å²) in [6, 6.07) is 7.00. The molecule has 132 valence electrons. The lowest BCUT2D eigenvalue weighted by atomic mass is 10.1. The van der Waals surface area contributed by atoms with Crippen LogP contribution in [0.15, 0.2) is 34.0 Å². The fourth-order valence-corrected chi connectivity index (χ4v) is 4.46. The molecule has 3 rings (SSSR count). The molecule has 1 fully saturated rings. The van der Waals surface area contributed by atoms with E-state index >= 15 is 0 Å². The number of nitrogens with one attached hydrogen (secondary N) is 2. The van der Waals surface area contributed by atoms with Crippen LogP contribution in [-0.4, -0.2) is 32.1 Å². The number of nitrogens with zero attached hydrogens (tertiary/aromatic N) is 2. The molecule has 0 aliphatic carbocycles. The summed E-state index contributed by atoms with van der Waals surface area (Å²) < 4.78 is 0. The van der Waals surface area contributed by atoms with Crippen LogP contribution in [0.2, 0.25) is 0 Å². The van der Waals surface area contributed by atoms with E-state index in [0.29, 0.717) is 6.04 Å². The number of halogens is 1. The number of guanidine groups is 1. The molecule has 0 saturated carbocycles. The minimum atomic E-state index is 0. The molecule has 1 aliphatic rings. The van der Waals surface area contributed by atoms with Gasteiger partial charge in [0.15, 0.2) is 5.96 Å². The standard InChI is InChI=1S/C17H24N4S2.HI/c1-13-7-11-22-15(13)12-19-17(18-2)20-14-5-8-21(9-6-14)16-4-3-10-23-16;/h3-4,7,10-11,14H,5-6,8-9,12H2,1-2H3,(H2,18,19,20);1H. The molecule has 7 heteroatoms. The van der Waals surface area contributed by atoms with Gasteiger partial charge in [0.05, 0.1) is 11.5 Å². The fraction of sp³-hybridized carbons (Fsp3) is 0.471. The van der Waals surface area contributed by atoms with Gasteiger partial charge < -0.3 is 15.5 Å². The van der Waals surface area contributed by atoms with Crippen molar-refractivity contribution in [2.24, 2.45) is 4.99 Å².